The van der Waals surface area contributed by atoms with Gasteiger partial charge in [-0.3, -0.25) is 4.31 Å². The summed E-state index contributed by atoms with van der Waals surface area (Å²) in [5, 5.41) is 0. The van der Waals surface area contributed by atoms with E-state index < -0.39 is 10.0 Å². The second-order valence-electron chi connectivity index (χ2n) is 8.93. The summed E-state index contributed by atoms with van der Waals surface area (Å²) in [6, 6.07) is 13.0. The van der Waals surface area contributed by atoms with Crippen LogP contribution >= 0.6 is 0 Å². The van der Waals surface area contributed by atoms with Crippen LogP contribution in [-0.4, -0.2) is 34.8 Å². The fourth-order valence-electron chi connectivity index (χ4n) is 3.88. The molecule has 5 nitrogen and oxygen atoms in total. The van der Waals surface area contributed by atoms with Gasteiger partial charge in [-0.05, 0) is 67.9 Å². The lowest BCUT2D eigenvalue weighted by Gasteiger charge is -2.28. The molecule has 3 rings (SSSR count). The highest BCUT2D eigenvalue weighted by Crippen LogP contribution is 2.29. The summed E-state index contributed by atoms with van der Waals surface area (Å²) in [5.41, 5.74) is 3.80. The lowest BCUT2D eigenvalue weighted by Crippen LogP contribution is -2.34. The number of aryl methyl sites for hydroxylation is 2. The number of benzene rings is 2. The number of nitrogens with zero attached hydrogens (tertiary/aromatic N) is 1. The third-order valence-electron chi connectivity index (χ3n) is 5.63. The maximum atomic E-state index is 13.5. The van der Waals surface area contributed by atoms with Gasteiger partial charge < -0.3 is 9.47 Å². The van der Waals surface area contributed by atoms with Crippen molar-refractivity contribution in [3.05, 3.63) is 59.2 Å². The first-order valence-electron chi connectivity index (χ1n) is 11.1. The summed E-state index contributed by atoms with van der Waals surface area (Å²) in [6.07, 6.45) is 2.09. The normalized spacial score (nSPS) is 15.4. The third-order valence-corrected chi connectivity index (χ3v) is 7.42. The summed E-state index contributed by atoms with van der Waals surface area (Å²) >= 11 is 0. The highest BCUT2D eigenvalue weighted by molar-refractivity contribution is 7.92. The van der Waals surface area contributed by atoms with Crippen molar-refractivity contribution in [1.29, 1.82) is 0 Å². The van der Waals surface area contributed by atoms with Crippen molar-refractivity contribution in [3.63, 3.8) is 0 Å². The van der Waals surface area contributed by atoms with Gasteiger partial charge in [-0.15, -0.1) is 0 Å². The van der Waals surface area contributed by atoms with E-state index in [4.69, 9.17) is 9.47 Å². The zero-order valence-corrected chi connectivity index (χ0v) is 20.0. The molecule has 0 spiro atoms. The van der Waals surface area contributed by atoms with E-state index in [1.807, 2.05) is 58.0 Å². The van der Waals surface area contributed by atoms with Crippen LogP contribution in [0.5, 0.6) is 0 Å². The molecule has 0 bridgehead atoms. The van der Waals surface area contributed by atoms with E-state index in [0.717, 1.165) is 55.0 Å². The first-order valence-corrected chi connectivity index (χ1v) is 12.6. The molecular weight excluding hydrogens is 410 g/mol. The zero-order valence-electron chi connectivity index (χ0n) is 19.1. The Morgan fingerprint density at radius 2 is 1.74 bits per heavy atom. The van der Waals surface area contributed by atoms with E-state index in [9.17, 15) is 8.42 Å². The van der Waals surface area contributed by atoms with Gasteiger partial charge in [0, 0.05) is 19.8 Å². The molecule has 0 aliphatic carbocycles. The van der Waals surface area contributed by atoms with Gasteiger partial charge in [0.15, 0.2) is 0 Å². The van der Waals surface area contributed by atoms with Crippen LogP contribution in [0.15, 0.2) is 47.4 Å². The van der Waals surface area contributed by atoms with Crippen LogP contribution in [0.25, 0.3) is 0 Å². The fourth-order valence-corrected chi connectivity index (χ4v) is 5.58. The van der Waals surface area contributed by atoms with Crippen molar-refractivity contribution in [2.45, 2.75) is 52.0 Å². The quantitative estimate of drug-likeness (QED) is 0.539. The van der Waals surface area contributed by atoms with E-state index in [-0.39, 0.29) is 5.92 Å². The highest BCUT2D eigenvalue weighted by Gasteiger charge is 2.27. The van der Waals surface area contributed by atoms with Crippen LogP contribution in [0.4, 0.5) is 5.69 Å². The molecule has 1 fully saturated rings. The number of rotatable bonds is 9. The van der Waals surface area contributed by atoms with E-state index in [2.05, 4.69) is 0 Å². The number of hydrogen-bond donors (Lipinski definition) is 0. The van der Waals surface area contributed by atoms with Gasteiger partial charge in [0.1, 0.15) is 0 Å². The molecule has 1 aliphatic heterocycles. The van der Waals surface area contributed by atoms with Crippen molar-refractivity contribution in [1.82, 2.24) is 0 Å². The Hall–Kier alpha value is -1.89. The van der Waals surface area contributed by atoms with Crippen LogP contribution in [-0.2, 0) is 26.1 Å². The predicted molar refractivity (Wildman–Crippen MR) is 125 cm³/mol. The molecule has 170 valence electrons. The summed E-state index contributed by atoms with van der Waals surface area (Å²) in [5.74, 6) is 0.754. The van der Waals surface area contributed by atoms with Gasteiger partial charge in [0.25, 0.3) is 10.0 Å². The van der Waals surface area contributed by atoms with Crippen LogP contribution in [0.2, 0.25) is 0 Å². The predicted octanol–water partition coefficient (Wildman–Crippen LogP) is 5.10. The molecule has 6 heteroatoms. The third kappa shape index (κ3) is 6.31. The molecule has 1 saturated heterocycles. The van der Waals surface area contributed by atoms with Crippen molar-refractivity contribution < 1.29 is 17.9 Å². The van der Waals surface area contributed by atoms with Gasteiger partial charge in [0.2, 0.25) is 0 Å². The van der Waals surface area contributed by atoms with E-state index in [1.54, 1.807) is 16.4 Å². The summed E-state index contributed by atoms with van der Waals surface area (Å²) in [7, 11) is -3.66. The summed E-state index contributed by atoms with van der Waals surface area (Å²) in [6.45, 7) is 11.3. The molecule has 0 unspecified atom stereocenters. The second kappa shape index (κ2) is 10.6. The van der Waals surface area contributed by atoms with Gasteiger partial charge >= 0.3 is 0 Å². The van der Waals surface area contributed by atoms with Crippen molar-refractivity contribution in [2.75, 3.05) is 30.7 Å². The van der Waals surface area contributed by atoms with Gasteiger partial charge in [0.05, 0.1) is 23.8 Å². The Labute approximate surface area is 187 Å². The Kier molecular flexibility index (Phi) is 8.14. The Morgan fingerprint density at radius 1 is 1.06 bits per heavy atom. The number of ether oxygens (including phenoxy) is 2. The fraction of sp³-hybridized carbons (Fsp3) is 0.520. The van der Waals surface area contributed by atoms with Crippen molar-refractivity contribution >= 4 is 15.7 Å². The largest absolute Gasteiger partial charge is 0.381 e. The first kappa shape index (κ1) is 23.8. The topological polar surface area (TPSA) is 55.8 Å². The second-order valence-corrected chi connectivity index (χ2v) is 10.8. The molecule has 31 heavy (non-hydrogen) atoms. The molecular formula is C25H35NO4S. The van der Waals surface area contributed by atoms with Gasteiger partial charge in [-0.2, -0.15) is 0 Å². The molecule has 2 aromatic carbocycles. The summed E-state index contributed by atoms with van der Waals surface area (Å²) in [4.78, 5) is 0.307. The standard InChI is InChI=1S/C25H35NO4S/c1-19(2)16-26(25-10-5-20(3)15-21(25)4)31(27,28)24-8-6-22(7-9-24)17-30-18-23-11-13-29-14-12-23/h5-10,15,19,23H,11-14,16-18H2,1-4H3. The van der Waals surface area contributed by atoms with Crippen LogP contribution in [0.1, 0.15) is 43.4 Å². The van der Waals surface area contributed by atoms with E-state index in [1.165, 1.54) is 0 Å². The minimum Gasteiger partial charge on any atom is -0.381 e. The Balaban J connectivity index is 1.73. The minimum atomic E-state index is -3.66. The smallest absolute Gasteiger partial charge is 0.264 e. The molecule has 0 atom stereocenters. The highest BCUT2D eigenvalue weighted by atomic mass is 32.2. The van der Waals surface area contributed by atoms with Crippen LogP contribution < -0.4 is 4.31 Å². The molecule has 0 radical (unpaired) electrons. The molecule has 0 N–H and O–H groups in total. The molecule has 0 amide bonds. The van der Waals surface area contributed by atoms with E-state index >= 15 is 0 Å². The SMILES string of the molecule is Cc1ccc(N(CC(C)C)S(=O)(=O)c2ccc(COCC3CCOCC3)cc2)c(C)c1. The average molecular weight is 446 g/mol. The molecule has 1 heterocycles. The lowest BCUT2D eigenvalue weighted by atomic mass is 10.0. The monoisotopic (exact) mass is 445 g/mol. The average Bonchev–Trinajstić information content (AvgIpc) is 2.73. The number of anilines is 1. The maximum Gasteiger partial charge on any atom is 0.264 e. The van der Waals surface area contributed by atoms with Crippen molar-refractivity contribution in [3.8, 4) is 0 Å². The molecule has 0 saturated carbocycles. The first-order chi connectivity index (χ1) is 14.8. The van der Waals surface area contributed by atoms with Gasteiger partial charge in [-0.1, -0.05) is 43.7 Å². The molecule has 1 aliphatic rings. The zero-order chi connectivity index (χ0) is 22.4. The molecule has 0 aromatic heterocycles. The molecule has 2 aromatic rings. The lowest BCUT2D eigenvalue weighted by molar-refractivity contribution is 0.0157. The minimum absolute atomic E-state index is 0.202. The number of hydrogen-bond acceptors (Lipinski definition) is 4. The summed E-state index contributed by atoms with van der Waals surface area (Å²) < 4.78 is 39.8. The number of sulfonamides is 1. The Morgan fingerprint density at radius 3 is 2.35 bits per heavy atom. The van der Waals surface area contributed by atoms with Crippen LogP contribution in [0.3, 0.4) is 0 Å². The van der Waals surface area contributed by atoms with Gasteiger partial charge in [-0.25, -0.2) is 8.42 Å². The van der Waals surface area contributed by atoms with E-state index in [0.29, 0.717) is 24.0 Å². The van der Waals surface area contributed by atoms with Crippen LogP contribution in [0, 0.1) is 25.7 Å². The van der Waals surface area contributed by atoms with Crippen molar-refractivity contribution in [2.24, 2.45) is 11.8 Å². The maximum absolute atomic E-state index is 13.5. The Bertz CT molecular complexity index is 948.